The number of hydrogen-bond donors (Lipinski definition) is 0. The largest absolute Gasteiger partial charge is 0.311 e. The van der Waals surface area contributed by atoms with E-state index in [0.717, 1.165) is 34.1 Å². The van der Waals surface area contributed by atoms with E-state index in [0.29, 0.717) is 0 Å². The Morgan fingerprint density at radius 1 is 0.360 bits per heavy atom. The first-order valence-electron chi connectivity index (χ1n) is 17.5. The van der Waals surface area contributed by atoms with E-state index in [1.54, 1.807) is 0 Å². The molecular weight excluding hydrogens is 605 g/mol. The van der Waals surface area contributed by atoms with Gasteiger partial charge in [0, 0.05) is 45.0 Å². The number of nitrogens with zero attached hydrogens (tertiary/aromatic N) is 2. The Bertz CT molecular complexity index is 2200. The van der Waals surface area contributed by atoms with E-state index in [-0.39, 0.29) is 10.8 Å². The molecule has 1 aliphatic rings. The summed E-state index contributed by atoms with van der Waals surface area (Å²) in [5.74, 6) is 0. The van der Waals surface area contributed by atoms with E-state index >= 15 is 0 Å². The van der Waals surface area contributed by atoms with Crippen molar-refractivity contribution in [3.63, 3.8) is 0 Å². The van der Waals surface area contributed by atoms with E-state index in [9.17, 15) is 0 Å². The zero-order valence-corrected chi connectivity index (χ0v) is 29.2. The Kier molecular flexibility index (Phi) is 7.88. The summed E-state index contributed by atoms with van der Waals surface area (Å²) in [6.45, 7) is 9.31. The van der Waals surface area contributed by atoms with Crippen molar-refractivity contribution in [3.05, 3.63) is 204 Å². The van der Waals surface area contributed by atoms with Gasteiger partial charge in [-0.05, 0) is 106 Å². The number of rotatable bonds is 8. The monoisotopic (exact) mass is 646 g/mol. The molecule has 0 amide bonds. The summed E-state index contributed by atoms with van der Waals surface area (Å²) >= 11 is 0. The predicted molar refractivity (Wildman–Crippen MR) is 212 cm³/mol. The number of benzene rings is 7. The van der Waals surface area contributed by atoms with Gasteiger partial charge in [0.05, 0.1) is 0 Å². The average Bonchev–Trinajstić information content (AvgIpc) is 3.39. The lowest BCUT2D eigenvalue weighted by atomic mass is 9.78. The van der Waals surface area contributed by atoms with E-state index in [2.05, 4.69) is 219 Å². The van der Waals surface area contributed by atoms with Crippen LogP contribution in [0.25, 0.3) is 11.1 Å². The number of anilines is 6. The second kappa shape index (κ2) is 12.5. The van der Waals surface area contributed by atoms with Gasteiger partial charge in [0.2, 0.25) is 0 Å². The molecule has 2 nitrogen and oxygen atoms in total. The molecule has 1 aliphatic carbocycles. The highest BCUT2D eigenvalue weighted by Crippen LogP contribution is 2.50. The van der Waals surface area contributed by atoms with E-state index in [4.69, 9.17) is 0 Å². The summed E-state index contributed by atoms with van der Waals surface area (Å²) in [7, 11) is 0. The Labute approximate surface area is 296 Å². The Hall–Kier alpha value is -5.86. The second-order valence-corrected chi connectivity index (χ2v) is 14.3. The first kappa shape index (κ1) is 31.4. The standard InChI is InChI=1S/C48H42N2/c1-47(2,35-24-28-40(29-25-35)49(37-16-8-5-9-17-37)38-18-10-6-11-19-38)36-26-30-41(31-27-36)50(39-20-12-7-13-21-39)42-32-33-46-44(34-42)43-22-14-15-23-45(43)48(46,3)4/h5-34H,1-4H3. The summed E-state index contributed by atoms with van der Waals surface area (Å²) in [4.78, 5) is 4.68. The van der Waals surface area contributed by atoms with Crippen molar-refractivity contribution in [3.8, 4) is 11.1 Å². The van der Waals surface area contributed by atoms with Crippen molar-refractivity contribution >= 4 is 34.1 Å². The van der Waals surface area contributed by atoms with Crippen molar-refractivity contribution in [1.29, 1.82) is 0 Å². The highest BCUT2D eigenvalue weighted by atomic mass is 15.1. The molecule has 0 saturated carbocycles. The van der Waals surface area contributed by atoms with Crippen LogP contribution in [0.3, 0.4) is 0 Å². The summed E-state index contributed by atoms with van der Waals surface area (Å²) in [5.41, 5.74) is 14.6. The molecule has 0 heterocycles. The molecule has 0 unspecified atom stereocenters. The van der Waals surface area contributed by atoms with E-state index < -0.39 is 0 Å². The van der Waals surface area contributed by atoms with Crippen LogP contribution in [0.2, 0.25) is 0 Å². The molecule has 0 spiro atoms. The van der Waals surface area contributed by atoms with Crippen LogP contribution in [0, 0.1) is 0 Å². The van der Waals surface area contributed by atoms with Crippen LogP contribution in [-0.4, -0.2) is 0 Å². The fourth-order valence-corrected chi connectivity index (χ4v) is 7.69. The molecule has 2 heteroatoms. The van der Waals surface area contributed by atoms with Gasteiger partial charge in [-0.25, -0.2) is 0 Å². The first-order chi connectivity index (χ1) is 24.3. The highest BCUT2D eigenvalue weighted by molar-refractivity contribution is 5.86. The maximum Gasteiger partial charge on any atom is 0.0468 e. The zero-order chi connectivity index (χ0) is 34.3. The molecule has 50 heavy (non-hydrogen) atoms. The van der Waals surface area contributed by atoms with Gasteiger partial charge in [-0.3, -0.25) is 0 Å². The normalized spacial score (nSPS) is 13.0. The van der Waals surface area contributed by atoms with Gasteiger partial charge in [-0.15, -0.1) is 0 Å². The number of hydrogen-bond acceptors (Lipinski definition) is 2. The highest BCUT2D eigenvalue weighted by Gasteiger charge is 2.35. The summed E-state index contributed by atoms with van der Waals surface area (Å²) in [5, 5.41) is 0. The third-order valence-corrected chi connectivity index (χ3v) is 10.6. The molecule has 0 N–H and O–H groups in total. The van der Waals surface area contributed by atoms with Gasteiger partial charge in [0.1, 0.15) is 0 Å². The van der Waals surface area contributed by atoms with Gasteiger partial charge in [-0.2, -0.15) is 0 Å². The Morgan fingerprint density at radius 2 is 0.720 bits per heavy atom. The SMILES string of the molecule is CC(C)(c1ccc(N(c2ccccc2)c2ccccc2)cc1)c1ccc(N(c2ccccc2)c2ccc3c(c2)-c2ccccc2C3(C)C)cc1. The third-order valence-electron chi connectivity index (χ3n) is 10.6. The average molecular weight is 647 g/mol. The van der Waals surface area contributed by atoms with E-state index in [1.807, 2.05) is 0 Å². The molecule has 7 aromatic carbocycles. The van der Waals surface area contributed by atoms with Gasteiger partial charge < -0.3 is 9.80 Å². The van der Waals surface area contributed by atoms with Crippen molar-refractivity contribution in [1.82, 2.24) is 0 Å². The van der Waals surface area contributed by atoms with Crippen LogP contribution in [0.1, 0.15) is 49.9 Å². The van der Waals surface area contributed by atoms with Crippen molar-refractivity contribution in [2.24, 2.45) is 0 Å². The minimum absolute atomic E-state index is 0.0190. The zero-order valence-electron chi connectivity index (χ0n) is 29.2. The maximum absolute atomic E-state index is 2.38. The lowest BCUT2D eigenvalue weighted by molar-refractivity contribution is 0.641. The number of para-hydroxylation sites is 3. The minimum atomic E-state index is -0.193. The molecule has 8 rings (SSSR count). The molecular formula is C48H42N2. The van der Waals surface area contributed by atoms with Gasteiger partial charge in [0.15, 0.2) is 0 Å². The molecule has 0 aliphatic heterocycles. The van der Waals surface area contributed by atoms with Gasteiger partial charge in [0.25, 0.3) is 0 Å². The van der Waals surface area contributed by atoms with Crippen molar-refractivity contribution < 1.29 is 0 Å². The van der Waals surface area contributed by atoms with Gasteiger partial charge >= 0.3 is 0 Å². The summed E-state index contributed by atoms with van der Waals surface area (Å²) in [6, 6.07) is 65.9. The minimum Gasteiger partial charge on any atom is -0.311 e. The molecule has 0 saturated heterocycles. The topological polar surface area (TPSA) is 6.48 Å². The quantitative estimate of drug-likeness (QED) is 0.162. The van der Waals surface area contributed by atoms with Crippen LogP contribution in [-0.2, 0) is 10.8 Å². The molecule has 7 aromatic rings. The van der Waals surface area contributed by atoms with Crippen molar-refractivity contribution in [2.45, 2.75) is 38.5 Å². The van der Waals surface area contributed by atoms with Crippen LogP contribution < -0.4 is 9.80 Å². The number of fused-ring (bicyclic) bond motifs is 3. The smallest absolute Gasteiger partial charge is 0.0468 e. The third kappa shape index (κ3) is 5.47. The summed E-state index contributed by atoms with van der Waals surface area (Å²) < 4.78 is 0. The van der Waals surface area contributed by atoms with Crippen LogP contribution in [0.15, 0.2) is 182 Å². The Morgan fingerprint density at radius 3 is 1.20 bits per heavy atom. The molecule has 0 fully saturated rings. The molecule has 0 bridgehead atoms. The molecule has 0 radical (unpaired) electrons. The van der Waals surface area contributed by atoms with Crippen LogP contribution in [0.4, 0.5) is 34.1 Å². The van der Waals surface area contributed by atoms with Gasteiger partial charge in [-0.1, -0.05) is 137 Å². The lowest BCUT2D eigenvalue weighted by Crippen LogP contribution is -2.19. The first-order valence-corrected chi connectivity index (χ1v) is 17.5. The van der Waals surface area contributed by atoms with E-state index in [1.165, 1.54) is 33.4 Å². The summed E-state index contributed by atoms with van der Waals surface area (Å²) in [6.07, 6.45) is 0. The maximum atomic E-state index is 2.38. The predicted octanol–water partition coefficient (Wildman–Crippen LogP) is 13.3. The Balaban J connectivity index is 1.12. The van der Waals surface area contributed by atoms with Crippen LogP contribution in [0.5, 0.6) is 0 Å². The molecule has 0 atom stereocenters. The fraction of sp³-hybridized carbons (Fsp3) is 0.125. The second-order valence-electron chi connectivity index (χ2n) is 14.3. The fourth-order valence-electron chi connectivity index (χ4n) is 7.69. The van der Waals surface area contributed by atoms with Crippen molar-refractivity contribution in [2.75, 3.05) is 9.80 Å². The lowest BCUT2D eigenvalue weighted by Gasteiger charge is -2.30. The molecule has 0 aromatic heterocycles. The van der Waals surface area contributed by atoms with Crippen LogP contribution >= 0.6 is 0 Å². The molecule has 244 valence electrons.